The van der Waals surface area contributed by atoms with E-state index in [9.17, 15) is 4.79 Å². The maximum absolute atomic E-state index is 12.2. The monoisotopic (exact) mass is 280 g/mol. The van der Waals surface area contributed by atoms with Crippen molar-refractivity contribution in [1.82, 2.24) is 10.6 Å². The average Bonchev–Trinajstić information content (AvgIpc) is 2.76. The Morgan fingerprint density at radius 1 is 1.53 bits per heavy atom. The summed E-state index contributed by atoms with van der Waals surface area (Å²) in [5.74, 6) is 0.176. The van der Waals surface area contributed by atoms with Gasteiger partial charge in [0.15, 0.2) is 0 Å². The largest absolute Gasteiger partial charge is 0.353 e. The van der Waals surface area contributed by atoms with Crippen molar-refractivity contribution < 1.29 is 4.79 Å². The predicted molar refractivity (Wildman–Crippen MR) is 78.1 cm³/mol. The number of thioether (sulfide) groups is 1. The second-order valence-electron chi connectivity index (χ2n) is 5.11. The molecule has 0 aromatic carbocycles. The minimum Gasteiger partial charge on any atom is -0.353 e. The van der Waals surface area contributed by atoms with E-state index >= 15 is 0 Å². The van der Waals surface area contributed by atoms with E-state index in [4.69, 9.17) is 0 Å². The van der Waals surface area contributed by atoms with Crippen LogP contribution in [0.15, 0.2) is 0 Å². The molecule has 102 valence electrons. The van der Waals surface area contributed by atoms with E-state index in [0.29, 0.717) is 0 Å². The Balaban J connectivity index is 0.00000256. The Kier molecular flexibility index (Phi) is 6.89. The molecule has 0 aromatic rings. The van der Waals surface area contributed by atoms with Crippen LogP contribution in [-0.2, 0) is 4.79 Å². The van der Waals surface area contributed by atoms with Crippen molar-refractivity contribution in [2.75, 3.05) is 19.3 Å². The van der Waals surface area contributed by atoms with Gasteiger partial charge in [-0.1, -0.05) is 6.92 Å². The molecule has 0 radical (unpaired) electrons. The molecule has 0 aliphatic carbocycles. The van der Waals surface area contributed by atoms with Crippen molar-refractivity contribution in [2.45, 2.75) is 50.3 Å². The lowest BCUT2D eigenvalue weighted by Gasteiger charge is -2.29. The van der Waals surface area contributed by atoms with Gasteiger partial charge in [0.25, 0.3) is 0 Å². The highest BCUT2D eigenvalue weighted by atomic mass is 35.5. The van der Waals surface area contributed by atoms with Crippen LogP contribution in [0.25, 0.3) is 0 Å². The van der Waals surface area contributed by atoms with Gasteiger partial charge in [-0.15, -0.1) is 12.4 Å². The van der Waals surface area contributed by atoms with Gasteiger partial charge in [0.1, 0.15) is 0 Å². The maximum Gasteiger partial charge on any atom is 0.240 e. The molecule has 0 aromatic heterocycles. The number of nitrogens with one attached hydrogen (secondary N) is 2. The van der Waals surface area contributed by atoms with Crippen molar-refractivity contribution >= 4 is 30.1 Å². The van der Waals surface area contributed by atoms with Crippen LogP contribution in [0.3, 0.4) is 0 Å². The summed E-state index contributed by atoms with van der Waals surface area (Å²) in [6, 6.07) is 0. The van der Waals surface area contributed by atoms with E-state index in [-0.39, 0.29) is 28.6 Å². The van der Waals surface area contributed by atoms with Gasteiger partial charge in [0.05, 0.1) is 5.54 Å². The normalized spacial score (nSPS) is 24.2. The molecule has 1 rings (SSSR count). The fourth-order valence-electron chi connectivity index (χ4n) is 2.00. The molecule has 1 saturated heterocycles. The summed E-state index contributed by atoms with van der Waals surface area (Å²) in [7, 11) is 0. The molecule has 17 heavy (non-hydrogen) atoms. The fraction of sp³-hybridized carbons (Fsp3) is 0.917. The third kappa shape index (κ3) is 4.34. The highest BCUT2D eigenvalue weighted by molar-refractivity contribution is 7.99. The van der Waals surface area contributed by atoms with E-state index < -0.39 is 0 Å². The number of carbonyl (C=O) groups excluding carboxylic acids is 1. The zero-order chi connectivity index (χ0) is 12.2. The van der Waals surface area contributed by atoms with E-state index in [1.165, 1.54) is 0 Å². The predicted octanol–water partition coefficient (Wildman–Crippen LogP) is 2.20. The number of rotatable bonds is 5. The van der Waals surface area contributed by atoms with Gasteiger partial charge in [0, 0.05) is 11.3 Å². The molecule has 1 heterocycles. The average molecular weight is 281 g/mol. The van der Waals surface area contributed by atoms with Crippen molar-refractivity contribution in [3.63, 3.8) is 0 Å². The molecule has 5 heteroatoms. The Labute approximate surface area is 115 Å². The first-order valence-corrected chi connectivity index (χ1v) is 7.27. The van der Waals surface area contributed by atoms with Gasteiger partial charge in [0.2, 0.25) is 5.91 Å². The van der Waals surface area contributed by atoms with Crippen LogP contribution in [0.5, 0.6) is 0 Å². The molecule has 1 atom stereocenters. The quantitative estimate of drug-likeness (QED) is 0.811. The Hall–Kier alpha value is 0.0700. The maximum atomic E-state index is 12.2. The van der Waals surface area contributed by atoms with E-state index in [1.54, 1.807) is 11.8 Å². The molecular formula is C12H25ClN2OS. The lowest BCUT2D eigenvalue weighted by Crippen LogP contribution is -2.54. The Bertz CT molecular complexity index is 253. The minimum atomic E-state index is -0.297. The molecule has 1 aliphatic heterocycles. The number of hydrogen-bond donors (Lipinski definition) is 2. The van der Waals surface area contributed by atoms with Crippen molar-refractivity contribution in [1.29, 1.82) is 0 Å². The second kappa shape index (κ2) is 6.86. The fourth-order valence-corrected chi connectivity index (χ4v) is 2.21. The van der Waals surface area contributed by atoms with Crippen LogP contribution >= 0.6 is 24.2 Å². The van der Waals surface area contributed by atoms with Gasteiger partial charge in [-0.2, -0.15) is 11.8 Å². The van der Waals surface area contributed by atoms with Gasteiger partial charge >= 0.3 is 0 Å². The Morgan fingerprint density at radius 2 is 2.18 bits per heavy atom. The summed E-state index contributed by atoms with van der Waals surface area (Å²) in [4.78, 5) is 12.2. The van der Waals surface area contributed by atoms with Gasteiger partial charge in [-0.25, -0.2) is 0 Å². The van der Waals surface area contributed by atoms with Crippen LogP contribution < -0.4 is 10.6 Å². The zero-order valence-electron chi connectivity index (χ0n) is 11.3. The van der Waals surface area contributed by atoms with Crippen LogP contribution in [0, 0.1) is 0 Å². The van der Waals surface area contributed by atoms with Gasteiger partial charge < -0.3 is 10.6 Å². The molecule has 3 nitrogen and oxygen atoms in total. The SMILES string of the molecule is CCC1(C(=O)NCC(C)(C)SC)CCCN1.Cl. The molecule has 1 unspecified atom stereocenters. The lowest BCUT2D eigenvalue weighted by atomic mass is 9.93. The van der Waals surface area contributed by atoms with Gasteiger partial charge in [-0.05, 0) is 45.9 Å². The van der Waals surface area contributed by atoms with Crippen molar-refractivity contribution in [3.8, 4) is 0 Å². The minimum absolute atomic E-state index is 0. The summed E-state index contributed by atoms with van der Waals surface area (Å²) in [6.45, 7) is 8.08. The standard InChI is InChI=1S/C12H24N2OS.ClH/c1-5-12(7-6-8-14-12)10(15)13-9-11(2,3)16-4;/h14H,5-9H2,1-4H3,(H,13,15);1H. The summed E-state index contributed by atoms with van der Waals surface area (Å²) in [6.07, 6.45) is 5.02. The summed E-state index contributed by atoms with van der Waals surface area (Å²) in [5.41, 5.74) is -0.297. The molecule has 0 saturated carbocycles. The van der Waals surface area contributed by atoms with E-state index in [1.807, 2.05) is 0 Å². The van der Waals surface area contributed by atoms with Crippen LogP contribution in [0.4, 0.5) is 0 Å². The number of amides is 1. The van der Waals surface area contributed by atoms with E-state index in [2.05, 4.69) is 37.7 Å². The number of halogens is 1. The zero-order valence-corrected chi connectivity index (χ0v) is 12.9. The third-order valence-corrected chi connectivity index (χ3v) is 4.76. The lowest BCUT2D eigenvalue weighted by molar-refractivity contribution is -0.127. The molecule has 0 spiro atoms. The first kappa shape index (κ1) is 17.1. The van der Waals surface area contributed by atoms with Crippen molar-refractivity contribution in [2.24, 2.45) is 0 Å². The first-order valence-electron chi connectivity index (χ1n) is 6.04. The molecule has 2 N–H and O–H groups in total. The van der Waals surface area contributed by atoms with Crippen LogP contribution in [0.2, 0.25) is 0 Å². The smallest absolute Gasteiger partial charge is 0.240 e. The molecule has 1 amide bonds. The Morgan fingerprint density at radius 3 is 2.59 bits per heavy atom. The van der Waals surface area contributed by atoms with Crippen molar-refractivity contribution in [3.05, 3.63) is 0 Å². The highest BCUT2D eigenvalue weighted by Gasteiger charge is 2.39. The van der Waals surface area contributed by atoms with Gasteiger partial charge in [-0.3, -0.25) is 4.79 Å². The first-order chi connectivity index (χ1) is 7.46. The summed E-state index contributed by atoms with van der Waals surface area (Å²) < 4.78 is 0.114. The molecular weight excluding hydrogens is 256 g/mol. The third-order valence-electron chi connectivity index (χ3n) is 3.51. The van der Waals surface area contributed by atoms with E-state index in [0.717, 1.165) is 32.4 Å². The molecule has 1 fully saturated rings. The van der Waals surface area contributed by atoms with Crippen LogP contribution in [-0.4, -0.2) is 35.5 Å². The van der Waals surface area contributed by atoms with Crippen LogP contribution in [0.1, 0.15) is 40.0 Å². The topological polar surface area (TPSA) is 41.1 Å². The summed E-state index contributed by atoms with van der Waals surface area (Å²) in [5, 5.41) is 6.44. The number of carbonyl (C=O) groups is 1. The number of hydrogen-bond acceptors (Lipinski definition) is 3. The molecule has 1 aliphatic rings. The molecule has 0 bridgehead atoms. The summed E-state index contributed by atoms with van der Waals surface area (Å²) >= 11 is 1.78. The highest BCUT2D eigenvalue weighted by Crippen LogP contribution is 2.24. The second-order valence-corrected chi connectivity index (χ2v) is 6.63.